The van der Waals surface area contributed by atoms with Crippen molar-refractivity contribution in [3.63, 3.8) is 0 Å². The Hall–Kier alpha value is -3.02. The summed E-state index contributed by atoms with van der Waals surface area (Å²) in [6.45, 7) is 2.12. The lowest BCUT2D eigenvalue weighted by Crippen LogP contribution is -2.32. The average molecular weight is 443 g/mol. The monoisotopic (exact) mass is 442 g/mol. The highest BCUT2D eigenvalue weighted by molar-refractivity contribution is 6.35. The summed E-state index contributed by atoms with van der Waals surface area (Å²) < 4.78 is 5.47. The van der Waals surface area contributed by atoms with Crippen molar-refractivity contribution in [1.82, 2.24) is 0 Å². The molecular formula is C23H20Cl2N2O3. The summed E-state index contributed by atoms with van der Waals surface area (Å²) in [7, 11) is 0. The fourth-order valence-electron chi connectivity index (χ4n) is 2.90. The minimum absolute atomic E-state index is 0.207. The molecule has 1 N–H and O–H groups in total. The topological polar surface area (TPSA) is 58.6 Å². The van der Waals surface area contributed by atoms with Crippen LogP contribution < -0.4 is 15.0 Å². The summed E-state index contributed by atoms with van der Waals surface area (Å²) >= 11 is 11.9. The lowest BCUT2D eigenvalue weighted by atomic mass is 10.1. The maximum absolute atomic E-state index is 13.1. The van der Waals surface area contributed by atoms with Crippen molar-refractivity contribution in [3.05, 3.63) is 88.4 Å². The van der Waals surface area contributed by atoms with Crippen LogP contribution in [0.1, 0.15) is 17.3 Å². The first-order valence-electron chi connectivity index (χ1n) is 9.33. The Balaban J connectivity index is 1.73. The van der Waals surface area contributed by atoms with Crippen molar-refractivity contribution in [1.29, 1.82) is 0 Å². The van der Waals surface area contributed by atoms with Gasteiger partial charge in [-0.15, -0.1) is 0 Å². The summed E-state index contributed by atoms with van der Waals surface area (Å²) in [6, 6.07) is 21.0. The SMILES string of the molecule is CCN(C(=O)c1ccccc1NC(=O)COc1ccc(Cl)cc1Cl)c1ccccc1. The van der Waals surface area contributed by atoms with Crippen LogP contribution in [0.2, 0.25) is 10.0 Å². The van der Waals surface area contributed by atoms with Gasteiger partial charge in [-0.25, -0.2) is 0 Å². The average Bonchev–Trinajstić information content (AvgIpc) is 2.75. The van der Waals surface area contributed by atoms with Gasteiger partial charge in [-0.2, -0.15) is 0 Å². The number of nitrogens with one attached hydrogen (secondary N) is 1. The van der Waals surface area contributed by atoms with Crippen LogP contribution in [0.4, 0.5) is 11.4 Å². The number of ether oxygens (including phenoxy) is 1. The molecule has 30 heavy (non-hydrogen) atoms. The first-order chi connectivity index (χ1) is 14.5. The molecule has 0 saturated carbocycles. The summed E-state index contributed by atoms with van der Waals surface area (Å²) in [5, 5.41) is 3.53. The Kier molecular flexibility index (Phi) is 7.33. The molecule has 0 bridgehead atoms. The molecule has 0 heterocycles. The third kappa shape index (κ3) is 5.32. The number of rotatable bonds is 7. The van der Waals surface area contributed by atoms with Gasteiger partial charge in [0.15, 0.2) is 6.61 Å². The fraction of sp³-hybridized carbons (Fsp3) is 0.130. The molecule has 0 unspecified atom stereocenters. The van der Waals surface area contributed by atoms with Crippen LogP contribution in [0.3, 0.4) is 0 Å². The number of anilines is 2. The summed E-state index contributed by atoms with van der Waals surface area (Å²) in [4.78, 5) is 27.2. The highest BCUT2D eigenvalue weighted by atomic mass is 35.5. The number of nitrogens with zero attached hydrogens (tertiary/aromatic N) is 1. The highest BCUT2D eigenvalue weighted by Crippen LogP contribution is 2.27. The molecule has 154 valence electrons. The molecule has 0 radical (unpaired) electrons. The van der Waals surface area contributed by atoms with E-state index in [1.54, 1.807) is 41.3 Å². The van der Waals surface area contributed by atoms with Gasteiger partial charge >= 0.3 is 0 Å². The van der Waals surface area contributed by atoms with Crippen LogP contribution in [0.5, 0.6) is 5.75 Å². The van der Waals surface area contributed by atoms with Crippen molar-refractivity contribution in [2.45, 2.75) is 6.92 Å². The molecule has 3 aromatic carbocycles. The predicted octanol–water partition coefficient (Wildman–Crippen LogP) is 5.68. The van der Waals surface area contributed by atoms with Gasteiger partial charge in [0.05, 0.1) is 16.3 Å². The van der Waals surface area contributed by atoms with E-state index in [1.807, 2.05) is 37.3 Å². The van der Waals surface area contributed by atoms with Crippen LogP contribution in [0.15, 0.2) is 72.8 Å². The quantitative estimate of drug-likeness (QED) is 0.511. The number of amides is 2. The first kappa shape index (κ1) is 21.7. The molecule has 0 saturated heterocycles. The third-order valence-electron chi connectivity index (χ3n) is 4.31. The largest absolute Gasteiger partial charge is 0.482 e. The minimum atomic E-state index is -0.413. The van der Waals surface area contributed by atoms with Gasteiger partial charge in [-0.05, 0) is 49.4 Å². The fourth-order valence-corrected chi connectivity index (χ4v) is 3.36. The van der Waals surface area contributed by atoms with E-state index in [0.717, 1.165) is 5.69 Å². The maximum Gasteiger partial charge on any atom is 0.262 e. The Morgan fingerprint density at radius 1 is 0.967 bits per heavy atom. The normalized spacial score (nSPS) is 10.4. The van der Waals surface area contributed by atoms with Crippen LogP contribution >= 0.6 is 23.2 Å². The lowest BCUT2D eigenvalue weighted by Gasteiger charge is -2.22. The Morgan fingerprint density at radius 2 is 1.67 bits per heavy atom. The second kappa shape index (κ2) is 10.1. The summed E-state index contributed by atoms with van der Waals surface area (Å²) in [6.07, 6.45) is 0. The van der Waals surface area contributed by atoms with Gasteiger partial charge in [-0.3, -0.25) is 9.59 Å². The van der Waals surface area contributed by atoms with Crippen LogP contribution in [-0.2, 0) is 4.79 Å². The smallest absolute Gasteiger partial charge is 0.262 e. The summed E-state index contributed by atoms with van der Waals surface area (Å²) in [5.41, 5.74) is 1.58. The molecule has 0 aromatic heterocycles. The molecule has 0 aliphatic heterocycles. The Labute approximate surface area is 185 Å². The third-order valence-corrected chi connectivity index (χ3v) is 4.84. The minimum Gasteiger partial charge on any atom is -0.482 e. The van der Waals surface area contributed by atoms with Crippen molar-refractivity contribution < 1.29 is 14.3 Å². The number of carbonyl (C=O) groups is 2. The zero-order chi connectivity index (χ0) is 21.5. The number of carbonyl (C=O) groups excluding carboxylic acids is 2. The zero-order valence-electron chi connectivity index (χ0n) is 16.3. The van der Waals surface area contributed by atoms with Crippen molar-refractivity contribution in [2.75, 3.05) is 23.4 Å². The van der Waals surface area contributed by atoms with E-state index in [4.69, 9.17) is 27.9 Å². The summed E-state index contributed by atoms with van der Waals surface area (Å²) in [5.74, 6) is -0.271. The molecule has 2 amide bonds. The number of halogens is 2. The molecule has 3 rings (SSSR count). The van der Waals surface area contributed by atoms with Gasteiger partial charge in [-0.1, -0.05) is 53.5 Å². The van der Waals surface area contributed by atoms with Crippen LogP contribution in [0, 0.1) is 0 Å². The van der Waals surface area contributed by atoms with Crippen molar-refractivity contribution >= 4 is 46.4 Å². The second-order valence-electron chi connectivity index (χ2n) is 6.34. The van der Waals surface area contributed by atoms with Crippen LogP contribution in [-0.4, -0.2) is 25.0 Å². The van der Waals surface area contributed by atoms with Gasteiger partial charge in [0.2, 0.25) is 0 Å². The number of para-hydroxylation sites is 2. The standard InChI is InChI=1S/C23H20Cl2N2O3/c1-2-27(17-8-4-3-5-9-17)23(29)18-10-6-7-11-20(18)26-22(28)15-30-21-13-12-16(24)14-19(21)25/h3-14H,2,15H2,1H3,(H,26,28). The van der Waals surface area contributed by atoms with E-state index < -0.39 is 5.91 Å². The molecule has 0 atom stereocenters. The predicted molar refractivity (Wildman–Crippen MR) is 121 cm³/mol. The number of benzene rings is 3. The lowest BCUT2D eigenvalue weighted by molar-refractivity contribution is -0.118. The van der Waals surface area contributed by atoms with E-state index in [9.17, 15) is 9.59 Å². The molecule has 7 heteroatoms. The zero-order valence-corrected chi connectivity index (χ0v) is 17.8. The number of hydrogen-bond acceptors (Lipinski definition) is 3. The molecule has 0 aliphatic carbocycles. The maximum atomic E-state index is 13.1. The second-order valence-corrected chi connectivity index (χ2v) is 7.19. The molecule has 0 fully saturated rings. The van der Waals surface area contributed by atoms with Crippen molar-refractivity contribution in [2.24, 2.45) is 0 Å². The molecule has 0 aliphatic rings. The Morgan fingerprint density at radius 3 is 2.37 bits per heavy atom. The van der Waals surface area contributed by atoms with E-state index in [1.165, 1.54) is 6.07 Å². The molecule has 0 spiro atoms. The van der Waals surface area contributed by atoms with Gasteiger partial charge < -0.3 is 15.0 Å². The van der Waals surface area contributed by atoms with E-state index >= 15 is 0 Å². The van der Waals surface area contributed by atoms with E-state index in [0.29, 0.717) is 33.6 Å². The first-order valence-corrected chi connectivity index (χ1v) is 10.1. The molecule has 3 aromatic rings. The van der Waals surface area contributed by atoms with Gasteiger partial charge in [0, 0.05) is 17.3 Å². The molecular weight excluding hydrogens is 423 g/mol. The highest BCUT2D eigenvalue weighted by Gasteiger charge is 2.20. The Bertz CT molecular complexity index is 1040. The van der Waals surface area contributed by atoms with E-state index in [2.05, 4.69) is 5.32 Å². The van der Waals surface area contributed by atoms with Crippen LogP contribution in [0.25, 0.3) is 0 Å². The van der Waals surface area contributed by atoms with Gasteiger partial charge in [0.25, 0.3) is 11.8 Å². The van der Waals surface area contributed by atoms with E-state index in [-0.39, 0.29) is 12.5 Å². The van der Waals surface area contributed by atoms with Gasteiger partial charge in [0.1, 0.15) is 5.75 Å². The van der Waals surface area contributed by atoms with Crippen molar-refractivity contribution in [3.8, 4) is 5.75 Å². The molecule has 5 nitrogen and oxygen atoms in total. The number of hydrogen-bond donors (Lipinski definition) is 1.